The van der Waals surface area contributed by atoms with Crippen molar-refractivity contribution in [2.45, 2.75) is 0 Å². The van der Waals surface area contributed by atoms with Crippen LogP contribution < -0.4 is 0 Å². The normalized spacial score (nSPS) is 6.00. The predicted octanol–water partition coefficient (Wildman–Crippen LogP) is 2.67. The summed E-state index contributed by atoms with van der Waals surface area (Å²) in [5, 5.41) is 167. The Bertz CT molecular complexity index is 573. The quantitative estimate of drug-likeness (QED) is 0.169. The summed E-state index contributed by atoms with van der Waals surface area (Å²) in [5.41, 5.74) is 0. The average molecular weight is 744 g/mol. The van der Waals surface area contributed by atoms with Crippen LogP contribution in [0.5, 0.6) is 0 Å². The highest BCUT2D eigenvalue weighted by molar-refractivity contribution is 5.55. The fourth-order valence-corrected chi connectivity index (χ4v) is 0. The second-order valence-electron chi connectivity index (χ2n) is 3.39. The van der Waals surface area contributed by atoms with Crippen LogP contribution in [0.3, 0.4) is 0 Å². The van der Waals surface area contributed by atoms with Gasteiger partial charge in [-0.15, -0.1) is 0 Å². The molecule has 0 bridgehead atoms. The van der Waals surface area contributed by atoms with E-state index in [1.165, 1.54) is 0 Å². The van der Waals surface area contributed by atoms with Crippen molar-refractivity contribution in [3.05, 3.63) is 0 Å². The maximum Gasteiger partial charge on any atom is 0.503 e. The first-order valence-electron chi connectivity index (χ1n) is 7.82. The second kappa shape index (κ2) is 71.5. The smallest absolute Gasteiger partial charge is 0.450 e. The standard InChI is InChI=1S/12CH2O3/c12*2-1(3)4/h12*(H2,2,3,4). The van der Waals surface area contributed by atoms with Crippen LogP contribution in [-0.2, 0) is 0 Å². The molecule has 0 aromatic rings. The summed E-state index contributed by atoms with van der Waals surface area (Å²) in [6.45, 7) is 0. The molecule has 0 aliphatic rings. The molecule has 0 saturated carbocycles. The van der Waals surface area contributed by atoms with E-state index in [0.29, 0.717) is 0 Å². The van der Waals surface area contributed by atoms with Gasteiger partial charge in [-0.25, -0.2) is 57.5 Å². The van der Waals surface area contributed by atoms with E-state index in [9.17, 15) is 0 Å². The molecule has 0 rings (SSSR count). The molecule has 36 heteroatoms. The summed E-state index contributed by atoms with van der Waals surface area (Å²) in [4.78, 5) is 103. The lowest BCUT2D eigenvalue weighted by Gasteiger charge is -1.60. The molecule has 0 atom stereocenters. The monoisotopic (exact) mass is 744 g/mol. The Balaban J connectivity index is -0.0000000295. The van der Waals surface area contributed by atoms with Crippen molar-refractivity contribution in [2.24, 2.45) is 0 Å². The van der Waals surface area contributed by atoms with Gasteiger partial charge in [-0.1, -0.05) is 0 Å². The van der Waals surface area contributed by atoms with Crippen LogP contribution >= 0.6 is 0 Å². The van der Waals surface area contributed by atoms with E-state index < -0.39 is 73.9 Å². The van der Waals surface area contributed by atoms with Gasteiger partial charge in [-0.3, -0.25) is 0 Å². The number of carbonyl (C=O) groups is 12. The van der Waals surface area contributed by atoms with Gasteiger partial charge >= 0.3 is 73.9 Å². The van der Waals surface area contributed by atoms with Crippen LogP contribution in [0.15, 0.2) is 0 Å². The van der Waals surface area contributed by atoms with E-state index in [2.05, 4.69) is 0 Å². The maximum atomic E-state index is 8.56. The van der Waals surface area contributed by atoms with E-state index in [-0.39, 0.29) is 0 Å². The van der Waals surface area contributed by atoms with Gasteiger partial charge in [0.15, 0.2) is 0 Å². The van der Waals surface area contributed by atoms with Crippen molar-refractivity contribution in [1.82, 2.24) is 0 Å². The fraction of sp³-hybridized carbons (Fsp3) is 0. The molecule has 0 aliphatic carbocycles. The Morgan fingerprint density at radius 2 is 0.125 bits per heavy atom. The van der Waals surface area contributed by atoms with Gasteiger partial charge in [0.25, 0.3) is 0 Å². The maximum absolute atomic E-state index is 8.56. The predicted molar refractivity (Wildman–Crippen MR) is 128 cm³/mol. The van der Waals surface area contributed by atoms with Crippen LogP contribution in [0, 0.1) is 0 Å². The van der Waals surface area contributed by atoms with E-state index in [0.717, 1.165) is 0 Å². The molecule has 0 saturated heterocycles. The highest BCUT2D eigenvalue weighted by atomic mass is 16.6. The number of carboxylic acid groups (broad SMARTS) is 24. The number of hydrogen-bond donors (Lipinski definition) is 24. The molecule has 48 heavy (non-hydrogen) atoms. The molecule has 0 aromatic heterocycles. The summed E-state index contributed by atoms with van der Waals surface area (Å²) in [6.07, 6.45) is -22.0. The van der Waals surface area contributed by atoms with Crippen LogP contribution in [-0.4, -0.2) is 196 Å². The van der Waals surface area contributed by atoms with Crippen molar-refractivity contribution in [2.75, 3.05) is 0 Å². The molecular formula is C12H24O36. The van der Waals surface area contributed by atoms with Crippen LogP contribution in [0.25, 0.3) is 0 Å². The molecule has 24 N–H and O–H groups in total. The minimum absolute atomic E-state index is 1.83. The minimum atomic E-state index is -1.83. The topological polar surface area (TPSA) is 690 Å². The zero-order chi connectivity index (χ0) is 42.9. The lowest BCUT2D eigenvalue weighted by atomic mass is 11.5. The average Bonchev–Trinajstić information content (AvgIpc) is 2.61. The molecule has 0 unspecified atom stereocenters. The highest BCUT2D eigenvalue weighted by Gasteiger charge is 1.74. The van der Waals surface area contributed by atoms with Crippen molar-refractivity contribution in [3.63, 3.8) is 0 Å². The molecule has 0 radical (unpaired) electrons. The molecule has 0 heterocycles. The molecule has 0 fully saturated rings. The Morgan fingerprint density at radius 1 is 0.125 bits per heavy atom. The molecule has 0 spiro atoms. The Hall–Kier alpha value is -8.76. The number of hydrogen-bond acceptors (Lipinski definition) is 12. The third kappa shape index (κ3) is 637. The van der Waals surface area contributed by atoms with E-state index in [1.54, 1.807) is 0 Å². The lowest BCUT2D eigenvalue weighted by molar-refractivity contribution is 0.135. The van der Waals surface area contributed by atoms with Crippen LogP contribution in [0.4, 0.5) is 57.5 Å². The SMILES string of the molecule is O=C(O)O.O=C(O)O.O=C(O)O.O=C(O)O.O=C(O)O.O=C(O)O.O=C(O)O.O=C(O)O.O=C(O)O.O=C(O)O.O=C(O)O.O=C(O)O. The van der Waals surface area contributed by atoms with Gasteiger partial charge in [0.05, 0.1) is 0 Å². The largest absolute Gasteiger partial charge is 0.503 e. The Kier molecular flexibility index (Phi) is 115. The van der Waals surface area contributed by atoms with Gasteiger partial charge in [-0.05, 0) is 0 Å². The van der Waals surface area contributed by atoms with Crippen molar-refractivity contribution in [3.8, 4) is 0 Å². The third-order valence-electron chi connectivity index (χ3n) is 0. The Morgan fingerprint density at radius 3 is 0.125 bits per heavy atom. The Labute approximate surface area is 255 Å². The number of rotatable bonds is 0. The third-order valence-corrected chi connectivity index (χ3v) is 0. The first-order chi connectivity index (χ1) is 20.8. The minimum Gasteiger partial charge on any atom is -0.450 e. The molecule has 0 aromatic carbocycles. The van der Waals surface area contributed by atoms with Crippen LogP contribution in [0.2, 0.25) is 0 Å². The summed E-state index contributed by atoms with van der Waals surface area (Å²) in [5.74, 6) is 0. The zero-order valence-electron chi connectivity index (χ0n) is 21.6. The molecule has 288 valence electrons. The van der Waals surface area contributed by atoms with Crippen molar-refractivity contribution < 1.29 is 180 Å². The van der Waals surface area contributed by atoms with Crippen molar-refractivity contribution >= 4 is 73.9 Å². The van der Waals surface area contributed by atoms with E-state index in [1.807, 2.05) is 0 Å². The summed E-state index contributed by atoms with van der Waals surface area (Å²) < 4.78 is 0. The summed E-state index contributed by atoms with van der Waals surface area (Å²) >= 11 is 0. The lowest BCUT2D eigenvalue weighted by Crippen LogP contribution is -1.81. The van der Waals surface area contributed by atoms with Crippen molar-refractivity contribution in [1.29, 1.82) is 0 Å². The summed E-state index contributed by atoms with van der Waals surface area (Å²) in [6, 6.07) is 0. The molecule has 0 aliphatic heterocycles. The van der Waals surface area contributed by atoms with Crippen LogP contribution in [0.1, 0.15) is 0 Å². The first kappa shape index (κ1) is 77.3. The zero-order valence-corrected chi connectivity index (χ0v) is 21.6. The van der Waals surface area contributed by atoms with Gasteiger partial charge < -0.3 is 123 Å². The molecular weight excluding hydrogens is 720 g/mol. The second-order valence-corrected chi connectivity index (χ2v) is 3.39. The summed E-state index contributed by atoms with van der Waals surface area (Å²) in [7, 11) is 0. The van der Waals surface area contributed by atoms with Gasteiger partial charge in [0.1, 0.15) is 0 Å². The first-order valence-corrected chi connectivity index (χ1v) is 7.82. The van der Waals surface area contributed by atoms with E-state index in [4.69, 9.17) is 180 Å². The molecule has 36 nitrogen and oxygen atoms in total. The fourth-order valence-electron chi connectivity index (χ4n) is 0. The van der Waals surface area contributed by atoms with Gasteiger partial charge in [0.2, 0.25) is 0 Å². The highest BCUT2D eigenvalue weighted by Crippen LogP contribution is 1.47. The molecule has 0 amide bonds. The van der Waals surface area contributed by atoms with Gasteiger partial charge in [-0.2, -0.15) is 0 Å². The van der Waals surface area contributed by atoms with E-state index >= 15 is 0 Å². The van der Waals surface area contributed by atoms with Gasteiger partial charge in [0, 0.05) is 0 Å².